The highest BCUT2D eigenvalue weighted by molar-refractivity contribution is 6.17. The van der Waals surface area contributed by atoms with E-state index in [1.807, 2.05) is 38.1 Å². The molecule has 25 heavy (non-hydrogen) atoms. The molecule has 0 bridgehead atoms. The second kappa shape index (κ2) is 6.43. The minimum absolute atomic E-state index is 0.232. The quantitative estimate of drug-likeness (QED) is 0.684. The molecule has 0 spiro atoms. The molecule has 3 rings (SSSR count). The lowest BCUT2D eigenvalue weighted by Crippen LogP contribution is -2.09. The van der Waals surface area contributed by atoms with Crippen LogP contribution < -0.4 is 0 Å². The number of nitrogens with zero attached hydrogens (tertiary/aromatic N) is 1. The number of carbonyl (C=O) groups is 1. The lowest BCUT2D eigenvalue weighted by atomic mass is 9.98. The Morgan fingerprint density at radius 1 is 1.20 bits per heavy atom. The molecule has 2 aromatic carbocycles. The Bertz CT molecular complexity index is 967. The second-order valence-corrected chi connectivity index (χ2v) is 6.93. The Balaban J connectivity index is 2.53. The van der Waals surface area contributed by atoms with Gasteiger partial charge in [0.05, 0.1) is 17.7 Å². The number of benzene rings is 2. The Hall–Kier alpha value is -2.49. The topological polar surface area (TPSA) is 51.5 Å². The maximum absolute atomic E-state index is 12.7. The van der Waals surface area contributed by atoms with Gasteiger partial charge in [-0.1, -0.05) is 38.1 Å². The molecule has 0 aliphatic heterocycles. The van der Waals surface area contributed by atoms with Crippen LogP contribution in [0.1, 0.15) is 42.4 Å². The largest absolute Gasteiger partial charge is 0.507 e. The van der Waals surface area contributed by atoms with Crippen LogP contribution in [-0.4, -0.2) is 22.2 Å². The van der Waals surface area contributed by atoms with Gasteiger partial charge in [0.25, 0.3) is 0 Å². The molecule has 0 aliphatic carbocycles. The number of phenols is 1. The highest BCUT2D eigenvalue weighted by atomic mass is 16.5. The number of aromatic nitrogens is 1. The Morgan fingerprint density at radius 2 is 1.84 bits per heavy atom. The maximum Gasteiger partial charge on any atom is 0.340 e. The Morgan fingerprint density at radius 3 is 2.44 bits per heavy atom. The van der Waals surface area contributed by atoms with E-state index in [1.54, 1.807) is 6.92 Å². The van der Waals surface area contributed by atoms with Crippen LogP contribution in [0.5, 0.6) is 5.75 Å². The number of hydrogen-bond acceptors (Lipinski definition) is 3. The molecule has 0 amide bonds. The van der Waals surface area contributed by atoms with Crippen LogP contribution >= 0.6 is 0 Å². The molecule has 0 saturated heterocycles. The van der Waals surface area contributed by atoms with E-state index in [-0.39, 0.29) is 11.7 Å². The van der Waals surface area contributed by atoms with Crippen molar-refractivity contribution < 1.29 is 14.6 Å². The molecule has 3 aromatic rings. The fraction of sp³-hybridized carbons (Fsp3) is 0.381. The summed E-state index contributed by atoms with van der Waals surface area (Å²) in [6, 6.07) is 7.80. The first-order valence-electron chi connectivity index (χ1n) is 8.78. The number of aryl methyl sites for hydroxylation is 1. The number of phenolic OH excluding ortho intramolecular Hbond substituents is 1. The van der Waals surface area contributed by atoms with Crippen LogP contribution in [-0.2, 0) is 11.3 Å². The zero-order valence-electron chi connectivity index (χ0n) is 15.5. The molecule has 0 fully saturated rings. The normalized spacial score (nSPS) is 11.6. The molecule has 4 heteroatoms. The van der Waals surface area contributed by atoms with Crippen LogP contribution in [0.15, 0.2) is 24.3 Å². The minimum Gasteiger partial charge on any atom is -0.507 e. The van der Waals surface area contributed by atoms with Gasteiger partial charge >= 0.3 is 5.97 Å². The predicted molar refractivity (Wildman–Crippen MR) is 101 cm³/mol. The number of carbonyl (C=O) groups excluding carboxylic acids is 1. The van der Waals surface area contributed by atoms with Crippen LogP contribution in [0.3, 0.4) is 0 Å². The monoisotopic (exact) mass is 339 g/mol. The summed E-state index contributed by atoms with van der Waals surface area (Å²) in [5, 5.41) is 13.3. The van der Waals surface area contributed by atoms with Crippen molar-refractivity contribution in [3.8, 4) is 5.75 Å². The van der Waals surface area contributed by atoms with E-state index in [0.29, 0.717) is 18.1 Å². The Labute approximate surface area is 148 Å². The van der Waals surface area contributed by atoms with Gasteiger partial charge in [-0.3, -0.25) is 0 Å². The first-order valence-corrected chi connectivity index (χ1v) is 8.78. The van der Waals surface area contributed by atoms with Crippen LogP contribution in [0, 0.1) is 19.8 Å². The van der Waals surface area contributed by atoms with E-state index in [2.05, 4.69) is 18.4 Å². The fourth-order valence-electron chi connectivity index (χ4n) is 3.65. The highest BCUT2D eigenvalue weighted by Crippen LogP contribution is 2.41. The van der Waals surface area contributed by atoms with Gasteiger partial charge in [0.1, 0.15) is 5.75 Å². The number of ether oxygens (including phenoxy) is 1. The SMILES string of the molecule is CCOC(=O)c1c(C)n(CC(C)C)c2c1c(C)c(O)c1ccccc12. The molecule has 132 valence electrons. The van der Waals surface area contributed by atoms with Crippen molar-refractivity contribution in [1.82, 2.24) is 4.57 Å². The van der Waals surface area contributed by atoms with Crippen molar-refractivity contribution in [1.29, 1.82) is 0 Å². The molecule has 0 atom stereocenters. The average molecular weight is 339 g/mol. The first kappa shape index (κ1) is 17.3. The van der Waals surface area contributed by atoms with Crippen LogP contribution in [0.2, 0.25) is 0 Å². The standard InChI is InChI=1S/C21H25NO3/c1-6-25-21(24)18-14(5)22(11-12(2)3)19-15-9-7-8-10-16(15)20(23)13(4)17(18)19/h7-10,12,23H,6,11H2,1-5H3. The van der Waals surface area contributed by atoms with Gasteiger partial charge < -0.3 is 14.4 Å². The summed E-state index contributed by atoms with van der Waals surface area (Å²) in [5.74, 6) is 0.331. The number of aromatic hydroxyl groups is 1. The summed E-state index contributed by atoms with van der Waals surface area (Å²) in [6.45, 7) is 11.1. The van der Waals surface area contributed by atoms with Crippen molar-refractivity contribution in [2.24, 2.45) is 5.92 Å². The molecule has 1 heterocycles. The second-order valence-electron chi connectivity index (χ2n) is 6.93. The van der Waals surface area contributed by atoms with E-state index in [0.717, 1.165) is 39.5 Å². The summed E-state index contributed by atoms with van der Waals surface area (Å²) in [4.78, 5) is 12.7. The molecular weight excluding hydrogens is 314 g/mol. The smallest absolute Gasteiger partial charge is 0.340 e. The van der Waals surface area contributed by atoms with E-state index in [4.69, 9.17) is 4.74 Å². The van der Waals surface area contributed by atoms with Gasteiger partial charge in [-0.2, -0.15) is 0 Å². The van der Waals surface area contributed by atoms with Gasteiger partial charge in [0.15, 0.2) is 0 Å². The van der Waals surface area contributed by atoms with Gasteiger partial charge in [-0.05, 0) is 26.7 Å². The third kappa shape index (κ3) is 2.66. The molecule has 0 aliphatic rings. The van der Waals surface area contributed by atoms with Gasteiger partial charge in [0, 0.05) is 34.0 Å². The molecule has 0 radical (unpaired) electrons. The zero-order chi connectivity index (χ0) is 18.3. The summed E-state index contributed by atoms with van der Waals surface area (Å²) in [7, 11) is 0. The molecule has 0 saturated carbocycles. The van der Waals surface area contributed by atoms with Crippen molar-refractivity contribution in [3.63, 3.8) is 0 Å². The number of esters is 1. The van der Waals surface area contributed by atoms with Crippen LogP contribution in [0.25, 0.3) is 21.7 Å². The molecule has 1 aromatic heterocycles. The summed E-state index contributed by atoms with van der Waals surface area (Å²) < 4.78 is 7.50. The lowest BCUT2D eigenvalue weighted by molar-refractivity contribution is 0.0527. The van der Waals surface area contributed by atoms with Crippen molar-refractivity contribution in [3.05, 3.63) is 41.1 Å². The Kier molecular flexibility index (Phi) is 4.46. The minimum atomic E-state index is -0.328. The summed E-state index contributed by atoms with van der Waals surface area (Å²) in [5.41, 5.74) is 3.18. The lowest BCUT2D eigenvalue weighted by Gasteiger charge is -2.14. The van der Waals surface area contributed by atoms with E-state index in [1.165, 1.54) is 0 Å². The number of fused-ring (bicyclic) bond motifs is 3. The van der Waals surface area contributed by atoms with Crippen LogP contribution in [0.4, 0.5) is 0 Å². The maximum atomic E-state index is 12.7. The fourth-order valence-corrected chi connectivity index (χ4v) is 3.65. The van der Waals surface area contributed by atoms with Crippen molar-refractivity contribution in [2.45, 2.75) is 41.2 Å². The third-order valence-electron chi connectivity index (χ3n) is 4.72. The highest BCUT2D eigenvalue weighted by Gasteiger charge is 2.26. The van der Waals surface area contributed by atoms with E-state index in [9.17, 15) is 9.90 Å². The summed E-state index contributed by atoms with van der Waals surface area (Å²) >= 11 is 0. The van der Waals surface area contributed by atoms with E-state index >= 15 is 0 Å². The average Bonchev–Trinajstić information content (AvgIpc) is 2.85. The number of hydrogen-bond donors (Lipinski definition) is 1. The zero-order valence-corrected chi connectivity index (χ0v) is 15.5. The molecule has 1 N–H and O–H groups in total. The van der Waals surface area contributed by atoms with Gasteiger partial charge in [-0.15, -0.1) is 0 Å². The number of rotatable bonds is 4. The van der Waals surface area contributed by atoms with Gasteiger partial charge in [-0.25, -0.2) is 4.79 Å². The predicted octanol–water partition coefficient (Wildman–Crippen LogP) is 4.95. The van der Waals surface area contributed by atoms with Gasteiger partial charge in [0.2, 0.25) is 0 Å². The first-order chi connectivity index (χ1) is 11.9. The molecule has 0 unspecified atom stereocenters. The summed E-state index contributed by atoms with van der Waals surface area (Å²) in [6.07, 6.45) is 0. The third-order valence-corrected chi connectivity index (χ3v) is 4.72. The molecular formula is C21H25NO3. The van der Waals surface area contributed by atoms with Crippen molar-refractivity contribution >= 4 is 27.6 Å². The van der Waals surface area contributed by atoms with E-state index < -0.39 is 0 Å². The van der Waals surface area contributed by atoms with Crippen molar-refractivity contribution in [2.75, 3.05) is 6.61 Å². The molecule has 4 nitrogen and oxygen atoms in total.